The van der Waals surface area contributed by atoms with Gasteiger partial charge in [-0.1, -0.05) is 44.4 Å². The van der Waals surface area contributed by atoms with E-state index in [1.54, 1.807) is 18.3 Å². The molecule has 0 spiro atoms. The molecule has 0 aliphatic carbocycles. The van der Waals surface area contributed by atoms with Crippen molar-refractivity contribution in [3.05, 3.63) is 83.3 Å². The maximum absolute atomic E-state index is 14.9. The fraction of sp³-hybridized carbons (Fsp3) is 0.345. The lowest BCUT2D eigenvalue weighted by atomic mass is 10.0. The van der Waals surface area contributed by atoms with Crippen molar-refractivity contribution in [2.24, 2.45) is 0 Å². The Morgan fingerprint density at radius 2 is 1.77 bits per heavy atom. The van der Waals surface area contributed by atoms with E-state index in [0.717, 1.165) is 43.9 Å². The van der Waals surface area contributed by atoms with Crippen molar-refractivity contribution in [3.63, 3.8) is 0 Å². The first-order valence-corrected chi connectivity index (χ1v) is 12.7. The summed E-state index contributed by atoms with van der Waals surface area (Å²) in [5.74, 6) is -2.45. The van der Waals surface area contributed by atoms with Gasteiger partial charge in [0.2, 0.25) is 0 Å². The molecule has 3 rings (SSSR count). The molecule has 10 heteroatoms. The van der Waals surface area contributed by atoms with Gasteiger partial charge in [0.1, 0.15) is 6.10 Å². The second-order valence-corrected chi connectivity index (χ2v) is 9.05. The van der Waals surface area contributed by atoms with Crippen LogP contribution in [0.3, 0.4) is 0 Å². The first kappa shape index (κ1) is 29.6. The summed E-state index contributed by atoms with van der Waals surface area (Å²) in [6.45, 7) is 2.01. The Labute approximate surface area is 224 Å². The van der Waals surface area contributed by atoms with Crippen molar-refractivity contribution < 1.29 is 37.0 Å². The summed E-state index contributed by atoms with van der Waals surface area (Å²) in [5.41, 5.74) is 0.985. The van der Waals surface area contributed by atoms with Crippen LogP contribution in [0.1, 0.15) is 73.0 Å². The van der Waals surface area contributed by atoms with Crippen molar-refractivity contribution in [1.29, 1.82) is 0 Å². The number of nitrogens with one attached hydrogen (secondary N) is 1. The number of hydrogen-bond acceptors (Lipinski definition) is 4. The molecule has 0 saturated heterocycles. The number of aromatic nitrogens is 1. The van der Waals surface area contributed by atoms with Crippen LogP contribution in [0.5, 0.6) is 5.75 Å². The number of aliphatic carboxylic acids is 1. The van der Waals surface area contributed by atoms with Gasteiger partial charge in [0.05, 0.1) is 17.7 Å². The van der Waals surface area contributed by atoms with Crippen molar-refractivity contribution in [2.45, 2.75) is 57.7 Å². The van der Waals surface area contributed by atoms with Crippen LogP contribution in [0.15, 0.2) is 60.8 Å². The minimum absolute atomic E-state index is 0.0345. The Morgan fingerprint density at radius 3 is 2.36 bits per heavy atom. The molecule has 0 aliphatic rings. The van der Waals surface area contributed by atoms with Crippen molar-refractivity contribution in [3.8, 4) is 17.0 Å². The second-order valence-electron chi connectivity index (χ2n) is 9.05. The predicted molar refractivity (Wildman–Crippen MR) is 138 cm³/mol. The zero-order valence-electron chi connectivity index (χ0n) is 21.4. The number of pyridine rings is 1. The fourth-order valence-corrected chi connectivity index (χ4v) is 3.92. The molecule has 2 N–H and O–H groups in total. The third-order valence-electron chi connectivity index (χ3n) is 6.07. The molecule has 1 aromatic heterocycles. The molecule has 6 nitrogen and oxygen atoms in total. The van der Waals surface area contributed by atoms with Gasteiger partial charge in [-0.25, -0.2) is 4.39 Å². The first-order valence-electron chi connectivity index (χ1n) is 12.7. The van der Waals surface area contributed by atoms with E-state index in [1.807, 2.05) is 0 Å². The number of rotatable bonds is 13. The highest BCUT2D eigenvalue weighted by molar-refractivity contribution is 5.94. The van der Waals surface area contributed by atoms with Crippen LogP contribution < -0.4 is 10.1 Å². The topological polar surface area (TPSA) is 88.5 Å². The van der Waals surface area contributed by atoms with Crippen LogP contribution in [-0.2, 0) is 11.0 Å². The number of carbonyl (C=O) groups is 2. The minimum atomic E-state index is -4.42. The molecule has 208 valence electrons. The third-order valence-corrected chi connectivity index (χ3v) is 6.07. The van der Waals surface area contributed by atoms with E-state index in [2.05, 4.69) is 17.2 Å². The zero-order valence-corrected chi connectivity index (χ0v) is 21.4. The van der Waals surface area contributed by atoms with Crippen LogP contribution in [0, 0.1) is 5.82 Å². The monoisotopic (exact) mass is 546 g/mol. The second kappa shape index (κ2) is 13.7. The van der Waals surface area contributed by atoms with Gasteiger partial charge in [0, 0.05) is 29.4 Å². The van der Waals surface area contributed by atoms with Gasteiger partial charge in [0.15, 0.2) is 11.6 Å². The lowest BCUT2D eigenvalue weighted by Crippen LogP contribution is -2.26. The molecule has 0 fully saturated rings. The highest BCUT2D eigenvalue weighted by Crippen LogP contribution is 2.32. The number of halogens is 4. The Bertz CT molecular complexity index is 1250. The molecule has 0 bridgehead atoms. The Morgan fingerprint density at radius 1 is 1.03 bits per heavy atom. The summed E-state index contributed by atoms with van der Waals surface area (Å²) in [6, 6.07) is 11.9. The van der Waals surface area contributed by atoms with E-state index in [1.165, 1.54) is 24.3 Å². The van der Waals surface area contributed by atoms with Gasteiger partial charge in [-0.05, 0) is 49.2 Å². The van der Waals surface area contributed by atoms with E-state index in [9.17, 15) is 27.2 Å². The summed E-state index contributed by atoms with van der Waals surface area (Å²) in [4.78, 5) is 27.2. The molecule has 0 saturated carbocycles. The maximum atomic E-state index is 14.9. The molecule has 0 radical (unpaired) electrons. The normalized spacial score (nSPS) is 12.1. The Balaban J connectivity index is 1.76. The van der Waals surface area contributed by atoms with Gasteiger partial charge in [-0.2, -0.15) is 13.2 Å². The molecule has 39 heavy (non-hydrogen) atoms. The number of hydrogen-bond donors (Lipinski definition) is 2. The van der Waals surface area contributed by atoms with Crippen LogP contribution >= 0.6 is 0 Å². The smallest absolute Gasteiger partial charge is 0.416 e. The van der Waals surface area contributed by atoms with Gasteiger partial charge in [-0.15, -0.1) is 0 Å². The van der Waals surface area contributed by atoms with Gasteiger partial charge in [0.25, 0.3) is 5.91 Å². The maximum Gasteiger partial charge on any atom is 0.416 e. The number of amides is 1. The third kappa shape index (κ3) is 8.80. The number of carboxylic acid groups (broad SMARTS) is 1. The summed E-state index contributed by atoms with van der Waals surface area (Å²) in [7, 11) is 0. The summed E-state index contributed by atoms with van der Waals surface area (Å²) in [6.07, 6.45) is 0.808. The van der Waals surface area contributed by atoms with Gasteiger partial charge < -0.3 is 15.2 Å². The zero-order chi connectivity index (χ0) is 28.4. The predicted octanol–water partition coefficient (Wildman–Crippen LogP) is 7.20. The number of unbranched alkanes of at least 4 members (excludes halogenated alkanes) is 3. The number of carbonyl (C=O) groups excluding carboxylic acids is 1. The number of ether oxygens (including phenoxy) is 1. The van der Waals surface area contributed by atoms with Crippen LogP contribution in [0.2, 0.25) is 0 Å². The van der Waals surface area contributed by atoms with Crippen molar-refractivity contribution in [1.82, 2.24) is 10.3 Å². The largest absolute Gasteiger partial charge is 0.483 e. The molecule has 3 aromatic rings. The highest BCUT2D eigenvalue weighted by atomic mass is 19.4. The molecular formula is C29H30F4N2O4. The molecule has 0 aliphatic heterocycles. The summed E-state index contributed by atoms with van der Waals surface area (Å²) >= 11 is 0. The molecule has 1 heterocycles. The number of nitrogens with zero attached hydrogens (tertiary/aromatic N) is 1. The minimum Gasteiger partial charge on any atom is -0.483 e. The van der Waals surface area contributed by atoms with Crippen LogP contribution in [0.4, 0.5) is 17.6 Å². The average Bonchev–Trinajstić information content (AvgIpc) is 2.90. The SMILES string of the molecule is CCCCCCC(Oc1ccc(C(=O)NCCC(=O)O)cc1F)c1ccc(-c2ccc(C(F)(F)F)cc2)nc1. The Hall–Kier alpha value is -3.95. The van der Waals surface area contributed by atoms with E-state index < -0.39 is 35.5 Å². The fourth-order valence-electron chi connectivity index (χ4n) is 3.92. The number of benzene rings is 2. The molecular weight excluding hydrogens is 516 g/mol. The Kier molecular flexibility index (Phi) is 10.4. The molecule has 1 amide bonds. The van der Waals surface area contributed by atoms with Gasteiger partial charge in [-0.3, -0.25) is 14.6 Å². The van der Waals surface area contributed by atoms with E-state index in [4.69, 9.17) is 9.84 Å². The van der Waals surface area contributed by atoms with Crippen molar-refractivity contribution in [2.75, 3.05) is 6.54 Å². The molecule has 1 unspecified atom stereocenters. The summed E-state index contributed by atoms with van der Waals surface area (Å²) < 4.78 is 59.5. The summed E-state index contributed by atoms with van der Waals surface area (Å²) in [5, 5.41) is 11.1. The standard InChI is InChI=1S/C29H30F4N2O4/c1-2-3-4-5-6-25(39-26-14-10-20(17-23(26)30)28(38)34-16-15-27(36)37)21-9-13-24(35-18-21)19-7-11-22(12-8-19)29(31,32)33/h7-14,17-18,25H,2-6,15-16H2,1H3,(H,34,38)(H,36,37). The quantitative estimate of drug-likeness (QED) is 0.175. The lowest BCUT2D eigenvalue weighted by molar-refractivity contribution is -0.138. The van der Waals surface area contributed by atoms with Gasteiger partial charge >= 0.3 is 12.1 Å². The molecule has 1 atom stereocenters. The highest BCUT2D eigenvalue weighted by Gasteiger charge is 2.30. The van der Waals surface area contributed by atoms with Crippen molar-refractivity contribution >= 4 is 11.9 Å². The van der Waals surface area contributed by atoms with E-state index in [-0.39, 0.29) is 24.3 Å². The first-order chi connectivity index (χ1) is 18.6. The number of carboxylic acids is 1. The average molecular weight is 547 g/mol. The van der Waals surface area contributed by atoms with Crippen LogP contribution in [-0.4, -0.2) is 28.5 Å². The van der Waals surface area contributed by atoms with E-state index in [0.29, 0.717) is 23.2 Å². The lowest BCUT2D eigenvalue weighted by Gasteiger charge is -2.20. The van der Waals surface area contributed by atoms with Crippen LogP contribution in [0.25, 0.3) is 11.3 Å². The number of alkyl halides is 3. The van der Waals surface area contributed by atoms with E-state index >= 15 is 0 Å². The molecule has 2 aromatic carbocycles.